The van der Waals surface area contributed by atoms with Gasteiger partial charge in [-0.25, -0.2) is 4.98 Å². The van der Waals surface area contributed by atoms with E-state index in [1.807, 2.05) is 29.8 Å². The molecule has 5 heteroatoms. The van der Waals surface area contributed by atoms with Crippen LogP contribution < -0.4 is 10.1 Å². The molecule has 0 saturated carbocycles. The molecule has 0 fully saturated rings. The lowest BCUT2D eigenvalue weighted by Crippen LogP contribution is -2.23. The van der Waals surface area contributed by atoms with Gasteiger partial charge in [0.2, 0.25) is 5.88 Å². The molecular formula is C15H19ClN2OS. The fourth-order valence-corrected chi connectivity index (χ4v) is 3.28. The number of ether oxygens (including phenoxy) is 1. The van der Waals surface area contributed by atoms with Crippen LogP contribution in [0, 0.1) is 0 Å². The molecule has 0 saturated heterocycles. The van der Waals surface area contributed by atoms with Gasteiger partial charge in [0.05, 0.1) is 12.1 Å². The molecule has 2 heterocycles. The van der Waals surface area contributed by atoms with E-state index in [2.05, 4.69) is 17.2 Å². The van der Waals surface area contributed by atoms with Crippen molar-refractivity contribution >= 4 is 22.9 Å². The summed E-state index contributed by atoms with van der Waals surface area (Å²) in [5.74, 6) is 0.640. The summed E-state index contributed by atoms with van der Waals surface area (Å²) in [6.07, 6.45) is 3.83. The number of aromatic nitrogens is 1. The molecule has 0 radical (unpaired) electrons. The van der Waals surface area contributed by atoms with Crippen molar-refractivity contribution in [3.05, 3.63) is 45.2 Å². The summed E-state index contributed by atoms with van der Waals surface area (Å²) in [5.41, 5.74) is 1.17. The summed E-state index contributed by atoms with van der Waals surface area (Å²) < 4.78 is 5.08. The van der Waals surface area contributed by atoms with E-state index in [1.165, 1.54) is 10.4 Å². The van der Waals surface area contributed by atoms with E-state index in [9.17, 15) is 0 Å². The van der Waals surface area contributed by atoms with Crippen LogP contribution in [0.25, 0.3) is 0 Å². The van der Waals surface area contributed by atoms with Gasteiger partial charge in [-0.05, 0) is 36.4 Å². The first kappa shape index (κ1) is 15.3. The monoisotopic (exact) mass is 310 g/mol. The summed E-state index contributed by atoms with van der Waals surface area (Å²) >= 11 is 7.96. The third-order valence-electron chi connectivity index (χ3n) is 3.05. The van der Waals surface area contributed by atoms with Crippen molar-refractivity contribution in [3.63, 3.8) is 0 Å². The van der Waals surface area contributed by atoms with E-state index in [0.717, 1.165) is 24.4 Å². The van der Waals surface area contributed by atoms with Gasteiger partial charge in [0, 0.05) is 23.2 Å². The lowest BCUT2D eigenvalue weighted by Gasteiger charge is -2.18. The van der Waals surface area contributed by atoms with E-state index < -0.39 is 0 Å². The van der Waals surface area contributed by atoms with Crippen molar-refractivity contribution < 1.29 is 4.74 Å². The van der Waals surface area contributed by atoms with E-state index in [-0.39, 0.29) is 6.04 Å². The molecule has 20 heavy (non-hydrogen) atoms. The topological polar surface area (TPSA) is 34.1 Å². The Morgan fingerprint density at radius 1 is 1.40 bits per heavy atom. The molecule has 2 aromatic heterocycles. The van der Waals surface area contributed by atoms with Crippen molar-refractivity contribution in [2.24, 2.45) is 0 Å². The number of hydrogen-bond donors (Lipinski definition) is 1. The fraction of sp³-hybridized carbons (Fsp3) is 0.400. The highest BCUT2D eigenvalue weighted by Crippen LogP contribution is 2.30. The van der Waals surface area contributed by atoms with Crippen molar-refractivity contribution in [1.82, 2.24) is 10.3 Å². The summed E-state index contributed by atoms with van der Waals surface area (Å²) in [7, 11) is 1.62. The molecule has 2 rings (SSSR count). The van der Waals surface area contributed by atoms with E-state index in [4.69, 9.17) is 16.3 Å². The van der Waals surface area contributed by atoms with Crippen LogP contribution in [0.4, 0.5) is 0 Å². The number of rotatable bonds is 7. The Labute approximate surface area is 129 Å². The quantitative estimate of drug-likeness (QED) is 0.836. The molecular weight excluding hydrogens is 292 g/mol. The number of halogens is 1. The Kier molecular flexibility index (Phi) is 5.83. The zero-order valence-corrected chi connectivity index (χ0v) is 13.3. The van der Waals surface area contributed by atoms with Crippen molar-refractivity contribution in [2.75, 3.05) is 13.7 Å². The average molecular weight is 311 g/mol. The van der Waals surface area contributed by atoms with Gasteiger partial charge < -0.3 is 10.1 Å². The molecule has 0 aliphatic rings. The van der Waals surface area contributed by atoms with E-state index in [1.54, 1.807) is 18.4 Å². The van der Waals surface area contributed by atoms with Crippen LogP contribution in [0.3, 0.4) is 0 Å². The minimum atomic E-state index is 0.234. The second kappa shape index (κ2) is 7.62. The van der Waals surface area contributed by atoms with Crippen LogP contribution in [0.2, 0.25) is 5.02 Å². The molecule has 0 bridgehead atoms. The Hall–Kier alpha value is -1.10. The minimum absolute atomic E-state index is 0.234. The number of thiophene rings is 1. The van der Waals surface area contributed by atoms with Crippen LogP contribution in [0.15, 0.2) is 29.8 Å². The van der Waals surface area contributed by atoms with Gasteiger partial charge in [-0.2, -0.15) is 0 Å². The SMILES string of the molecule is CCCNC(Cc1ccc(OC)nc1)c1sccc1Cl. The minimum Gasteiger partial charge on any atom is -0.481 e. The van der Waals surface area contributed by atoms with Gasteiger partial charge in [0.15, 0.2) is 0 Å². The largest absolute Gasteiger partial charge is 0.481 e. The molecule has 0 aromatic carbocycles. The molecule has 1 N–H and O–H groups in total. The van der Waals surface area contributed by atoms with Crippen molar-refractivity contribution in [3.8, 4) is 5.88 Å². The van der Waals surface area contributed by atoms with Crippen LogP contribution in [-0.2, 0) is 6.42 Å². The van der Waals surface area contributed by atoms with Gasteiger partial charge in [-0.1, -0.05) is 24.6 Å². The third kappa shape index (κ3) is 3.95. The van der Waals surface area contributed by atoms with Crippen molar-refractivity contribution in [2.45, 2.75) is 25.8 Å². The molecule has 0 aliphatic heterocycles. The number of nitrogens with one attached hydrogen (secondary N) is 1. The Bertz CT molecular complexity index is 527. The summed E-state index contributed by atoms with van der Waals surface area (Å²) in [6.45, 7) is 3.14. The normalized spacial score (nSPS) is 12.3. The average Bonchev–Trinajstić information content (AvgIpc) is 2.90. The first-order valence-corrected chi connectivity index (χ1v) is 7.95. The molecule has 108 valence electrons. The van der Waals surface area contributed by atoms with Gasteiger partial charge in [0.25, 0.3) is 0 Å². The Morgan fingerprint density at radius 3 is 2.80 bits per heavy atom. The standard InChI is InChI=1S/C15H19ClN2OS/c1-3-7-17-13(15-12(16)6-8-20-15)9-11-4-5-14(19-2)18-10-11/h4-6,8,10,13,17H,3,7,9H2,1-2H3. The Balaban J connectivity index is 2.12. The van der Waals surface area contributed by atoms with Crippen LogP contribution >= 0.6 is 22.9 Å². The number of methoxy groups -OCH3 is 1. The molecule has 1 unspecified atom stereocenters. The zero-order valence-electron chi connectivity index (χ0n) is 11.7. The third-order valence-corrected chi connectivity index (χ3v) is 4.52. The van der Waals surface area contributed by atoms with Gasteiger partial charge in [-0.15, -0.1) is 11.3 Å². The summed E-state index contributed by atoms with van der Waals surface area (Å²) in [4.78, 5) is 5.45. The first-order valence-electron chi connectivity index (χ1n) is 6.69. The predicted molar refractivity (Wildman–Crippen MR) is 84.9 cm³/mol. The predicted octanol–water partition coefficient (Wildman–Crippen LogP) is 4.09. The maximum atomic E-state index is 6.26. The highest BCUT2D eigenvalue weighted by atomic mass is 35.5. The number of hydrogen-bond acceptors (Lipinski definition) is 4. The maximum absolute atomic E-state index is 6.26. The lowest BCUT2D eigenvalue weighted by molar-refractivity contribution is 0.397. The van der Waals surface area contributed by atoms with Crippen LogP contribution in [0.1, 0.15) is 29.8 Å². The molecule has 3 nitrogen and oxygen atoms in total. The van der Waals surface area contributed by atoms with Gasteiger partial charge >= 0.3 is 0 Å². The molecule has 2 aromatic rings. The van der Waals surface area contributed by atoms with Gasteiger partial charge in [0.1, 0.15) is 0 Å². The first-order chi connectivity index (χ1) is 9.74. The smallest absolute Gasteiger partial charge is 0.212 e. The highest BCUT2D eigenvalue weighted by molar-refractivity contribution is 7.10. The fourth-order valence-electron chi connectivity index (χ4n) is 2.02. The van der Waals surface area contributed by atoms with E-state index >= 15 is 0 Å². The van der Waals surface area contributed by atoms with Gasteiger partial charge in [-0.3, -0.25) is 0 Å². The molecule has 0 spiro atoms. The summed E-state index contributed by atoms with van der Waals surface area (Å²) in [6, 6.07) is 6.13. The molecule has 0 aliphatic carbocycles. The highest BCUT2D eigenvalue weighted by Gasteiger charge is 2.16. The Morgan fingerprint density at radius 2 is 2.25 bits per heavy atom. The zero-order chi connectivity index (χ0) is 14.4. The maximum Gasteiger partial charge on any atom is 0.212 e. The second-order valence-electron chi connectivity index (χ2n) is 4.55. The lowest BCUT2D eigenvalue weighted by atomic mass is 10.1. The summed E-state index contributed by atoms with van der Waals surface area (Å²) in [5, 5.41) is 6.43. The molecule has 1 atom stereocenters. The molecule has 0 amide bonds. The van der Waals surface area contributed by atoms with Crippen molar-refractivity contribution in [1.29, 1.82) is 0 Å². The second-order valence-corrected chi connectivity index (χ2v) is 5.91. The number of pyridine rings is 1. The number of nitrogens with zero attached hydrogens (tertiary/aromatic N) is 1. The van der Waals surface area contributed by atoms with Crippen LogP contribution in [0.5, 0.6) is 5.88 Å². The van der Waals surface area contributed by atoms with Crippen LogP contribution in [-0.4, -0.2) is 18.6 Å². The van der Waals surface area contributed by atoms with E-state index in [0.29, 0.717) is 5.88 Å².